The van der Waals surface area contributed by atoms with Crippen LogP contribution in [0.4, 0.5) is 0 Å². The summed E-state index contributed by atoms with van der Waals surface area (Å²) in [6.45, 7) is 1.11. The second-order valence-corrected chi connectivity index (χ2v) is 12.2. The summed E-state index contributed by atoms with van der Waals surface area (Å²) < 4.78 is 17.1. The van der Waals surface area contributed by atoms with Gasteiger partial charge in [0.05, 0.1) is 25.4 Å². The maximum Gasteiger partial charge on any atom is 0.220 e. The fourth-order valence-corrected chi connectivity index (χ4v) is 5.44. The van der Waals surface area contributed by atoms with Crippen LogP contribution in [0, 0.1) is 5.92 Å². The van der Waals surface area contributed by atoms with Gasteiger partial charge in [-0.05, 0) is 51.4 Å². The van der Waals surface area contributed by atoms with E-state index < -0.39 is 74.3 Å². The summed E-state index contributed by atoms with van der Waals surface area (Å²) in [5, 5.41) is 73.7. The van der Waals surface area contributed by atoms with Crippen molar-refractivity contribution >= 4 is 5.91 Å². The van der Waals surface area contributed by atoms with E-state index in [0.717, 1.165) is 38.5 Å². The Bertz CT molecular complexity index is 1070. The number of ether oxygens (including phenoxy) is 3. The van der Waals surface area contributed by atoms with Crippen molar-refractivity contribution in [3.63, 3.8) is 0 Å². The van der Waals surface area contributed by atoms with E-state index in [1.54, 1.807) is 0 Å². The maximum absolute atomic E-state index is 12.3. The van der Waals surface area contributed by atoms with Gasteiger partial charge in [-0.1, -0.05) is 79.8 Å². The van der Waals surface area contributed by atoms with E-state index >= 15 is 0 Å². The summed E-state index contributed by atoms with van der Waals surface area (Å²) in [6.07, 6.45) is 19.3. The van der Waals surface area contributed by atoms with E-state index in [2.05, 4.69) is 73.0 Å². The molecule has 12 nitrogen and oxygen atoms in total. The number of hydrogen-bond acceptors (Lipinski definition) is 11. The minimum absolute atomic E-state index is 0.0435. The first-order valence-electron chi connectivity index (χ1n) is 17.5. The van der Waals surface area contributed by atoms with Crippen LogP contribution in [-0.4, -0.2) is 123 Å². The molecule has 0 aromatic rings. The van der Waals surface area contributed by atoms with Gasteiger partial charge in [0, 0.05) is 25.5 Å². The van der Waals surface area contributed by atoms with Crippen LogP contribution in [0.1, 0.15) is 64.7 Å². The van der Waals surface area contributed by atoms with E-state index in [-0.39, 0.29) is 31.9 Å². The third kappa shape index (κ3) is 15.9. The molecule has 12 heteroatoms. The smallest absolute Gasteiger partial charge is 0.220 e. The molecule has 2 rings (SSSR count). The second-order valence-electron chi connectivity index (χ2n) is 12.2. The van der Waals surface area contributed by atoms with Gasteiger partial charge in [-0.3, -0.25) is 4.79 Å². The van der Waals surface area contributed by atoms with E-state index in [4.69, 9.17) is 14.2 Å². The van der Waals surface area contributed by atoms with Crippen molar-refractivity contribution in [1.82, 2.24) is 5.32 Å². The Morgan fingerprint density at radius 2 is 1.27 bits per heavy atom. The van der Waals surface area contributed by atoms with Crippen molar-refractivity contribution in [1.29, 1.82) is 0 Å². The lowest BCUT2D eigenvalue weighted by Gasteiger charge is -2.46. The SMILES string of the molecule is CC/C=C\C/C=C\C/C=C\C/C=C\C/C=C\C/C=C\CCC(=O)NCCO[C@@H]1O[C@H](CO)[C@@H](O)[C@H](O)[C@H]1O[C@@H]1C[C@H](CO)[C@@H](O)[C@H](O)[C@H]1O. The molecule has 1 heterocycles. The summed E-state index contributed by atoms with van der Waals surface area (Å²) >= 11 is 0. The lowest BCUT2D eigenvalue weighted by atomic mass is 9.81. The minimum Gasteiger partial charge on any atom is -0.396 e. The molecular weight excluding hydrogens is 634 g/mol. The largest absolute Gasteiger partial charge is 0.396 e. The third-order valence-electron chi connectivity index (χ3n) is 8.33. The molecule has 2 aliphatic rings. The Kier molecular flexibility index (Phi) is 22.2. The van der Waals surface area contributed by atoms with Crippen LogP contribution in [0.3, 0.4) is 0 Å². The monoisotopic (exact) mass is 693 g/mol. The zero-order valence-electron chi connectivity index (χ0n) is 28.7. The highest BCUT2D eigenvalue weighted by molar-refractivity contribution is 5.75. The van der Waals surface area contributed by atoms with Crippen molar-refractivity contribution in [3.8, 4) is 0 Å². The molecule has 1 aliphatic heterocycles. The van der Waals surface area contributed by atoms with Crippen LogP contribution in [0.5, 0.6) is 0 Å². The number of nitrogens with one attached hydrogen (secondary N) is 1. The van der Waals surface area contributed by atoms with Crippen molar-refractivity contribution in [3.05, 3.63) is 72.9 Å². The summed E-state index contributed by atoms with van der Waals surface area (Å²) in [7, 11) is 0. The molecule has 1 saturated heterocycles. The van der Waals surface area contributed by atoms with Gasteiger partial charge in [0.2, 0.25) is 5.91 Å². The number of carbonyl (C=O) groups excluding carboxylic acids is 1. The number of carbonyl (C=O) groups is 1. The zero-order chi connectivity index (χ0) is 35.9. The molecule has 1 saturated carbocycles. The van der Waals surface area contributed by atoms with Gasteiger partial charge < -0.3 is 55.3 Å². The molecule has 0 radical (unpaired) electrons. The predicted molar refractivity (Wildman–Crippen MR) is 186 cm³/mol. The fourth-order valence-electron chi connectivity index (χ4n) is 5.44. The molecule has 1 aliphatic carbocycles. The number of hydrogen-bond donors (Lipinski definition) is 8. The van der Waals surface area contributed by atoms with Crippen molar-refractivity contribution in [2.24, 2.45) is 5.92 Å². The molecule has 278 valence electrons. The van der Waals surface area contributed by atoms with E-state index in [9.17, 15) is 40.5 Å². The number of rotatable bonds is 22. The van der Waals surface area contributed by atoms with Gasteiger partial charge in [-0.15, -0.1) is 0 Å². The molecule has 0 unspecified atom stereocenters. The molecule has 0 bridgehead atoms. The van der Waals surface area contributed by atoms with Crippen LogP contribution >= 0.6 is 0 Å². The third-order valence-corrected chi connectivity index (χ3v) is 8.33. The molecule has 0 aromatic heterocycles. The highest BCUT2D eigenvalue weighted by Gasteiger charge is 2.50. The summed E-state index contributed by atoms with van der Waals surface area (Å²) in [6, 6.07) is 0. The Morgan fingerprint density at radius 1 is 0.714 bits per heavy atom. The van der Waals surface area contributed by atoms with Crippen LogP contribution < -0.4 is 5.32 Å². The Morgan fingerprint density at radius 3 is 1.80 bits per heavy atom. The lowest BCUT2D eigenvalue weighted by Crippen LogP contribution is -2.63. The van der Waals surface area contributed by atoms with Crippen LogP contribution in [0.2, 0.25) is 0 Å². The number of allylic oxidation sites excluding steroid dienone is 12. The highest BCUT2D eigenvalue weighted by Crippen LogP contribution is 2.32. The second kappa shape index (κ2) is 25.5. The van der Waals surface area contributed by atoms with Gasteiger partial charge >= 0.3 is 0 Å². The zero-order valence-corrected chi connectivity index (χ0v) is 28.7. The molecule has 10 atom stereocenters. The number of amides is 1. The van der Waals surface area contributed by atoms with Crippen LogP contribution in [0.15, 0.2) is 72.9 Å². The first-order chi connectivity index (χ1) is 23.7. The van der Waals surface area contributed by atoms with Crippen LogP contribution in [-0.2, 0) is 19.0 Å². The van der Waals surface area contributed by atoms with Gasteiger partial charge in [-0.25, -0.2) is 0 Å². The van der Waals surface area contributed by atoms with E-state index in [0.29, 0.717) is 6.42 Å². The summed E-state index contributed by atoms with van der Waals surface area (Å²) in [4.78, 5) is 12.3. The highest BCUT2D eigenvalue weighted by atomic mass is 16.7. The normalized spacial score (nSPS) is 31.4. The topological polar surface area (TPSA) is 198 Å². The number of aliphatic hydroxyl groups is 7. The van der Waals surface area contributed by atoms with Crippen molar-refractivity contribution < 1.29 is 54.8 Å². The molecule has 2 fully saturated rings. The standard InChI is InChI=1S/C37H59NO11/c1-2-3-4-5-6-7-8-9-10-11-12-13-14-15-16-17-18-19-20-21-30(41)38-22-23-47-37-36(35(46)33(44)29(26-40)49-37)48-28-24-27(25-39)31(42)34(45)32(28)43/h3-4,6-7,9-10,12-13,15-16,18-19,27-29,31-37,39-40,42-46H,2,5,8,11,14,17,20-26H2,1H3,(H,38,41)/b4-3-,7-6-,10-9-,13-12-,16-15-,19-18-/t27-,28-,29-,31-,32+,33-,34+,35+,36-,37-/m1/s1. The summed E-state index contributed by atoms with van der Waals surface area (Å²) in [5.41, 5.74) is 0. The Balaban J connectivity index is 1.65. The average Bonchev–Trinajstić information content (AvgIpc) is 3.10. The maximum atomic E-state index is 12.3. The first-order valence-corrected chi connectivity index (χ1v) is 17.5. The molecule has 0 spiro atoms. The average molecular weight is 694 g/mol. The van der Waals surface area contributed by atoms with E-state index in [1.807, 2.05) is 12.2 Å². The predicted octanol–water partition coefficient (Wildman–Crippen LogP) is 1.88. The van der Waals surface area contributed by atoms with Gasteiger partial charge in [-0.2, -0.15) is 0 Å². The molecule has 8 N–H and O–H groups in total. The first kappa shape index (κ1) is 42.7. The number of aliphatic hydroxyl groups excluding tert-OH is 7. The van der Waals surface area contributed by atoms with Crippen molar-refractivity contribution in [2.75, 3.05) is 26.4 Å². The Labute approximate surface area is 290 Å². The molecule has 1 amide bonds. The quantitative estimate of drug-likeness (QED) is 0.0609. The van der Waals surface area contributed by atoms with E-state index in [1.165, 1.54) is 0 Å². The molecule has 0 aromatic carbocycles. The van der Waals surface area contributed by atoms with Crippen LogP contribution in [0.25, 0.3) is 0 Å². The van der Waals surface area contributed by atoms with Gasteiger partial charge in [0.15, 0.2) is 6.29 Å². The summed E-state index contributed by atoms with van der Waals surface area (Å²) in [5.74, 6) is -0.972. The van der Waals surface area contributed by atoms with Gasteiger partial charge in [0.1, 0.15) is 36.6 Å². The minimum atomic E-state index is -1.60. The molecule has 49 heavy (non-hydrogen) atoms. The molecular formula is C37H59NO11. The van der Waals surface area contributed by atoms with Crippen molar-refractivity contribution in [2.45, 2.75) is 120 Å². The van der Waals surface area contributed by atoms with Gasteiger partial charge in [0.25, 0.3) is 0 Å². The fraction of sp³-hybridized carbons (Fsp3) is 0.649. The Hall–Kier alpha value is -2.49. The lowest BCUT2D eigenvalue weighted by molar-refractivity contribution is -0.326.